The quantitative estimate of drug-likeness (QED) is 0.811. The van der Waals surface area contributed by atoms with Gasteiger partial charge < -0.3 is 14.7 Å². The Hall–Kier alpha value is -1.46. The van der Waals surface area contributed by atoms with E-state index in [9.17, 15) is 14.7 Å². The maximum Gasteiger partial charge on any atom is 0.327 e. The second kappa shape index (κ2) is 6.54. The van der Waals surface area contributed by atoms with Crippen molar-refractivity contribution in [2.45, 2.75) is 31.4 Å². The minimum Gasteiger partial charge on any atom is -0.480 e. The van der Waals surface area contributed by atoms with Crippen molar-refractivity contribution in [2.75, 3.05) is 25.4 Å². The van der Waals surface area contributed by atoms with Gasteiger partial charge in [0.25, 0.3) is 0 Å². The molecule has 8 heteroatoms. The van der Waals surface area contributed by atoms with E-state index >= 15 is 0 Å². The predicted molar refractivity (Wildman–Crippen MR) is 76.7 cm³/mol. The summed E-state index contributed by atoms with van der Waals surface area (Å²) in [5.41, 5.74) is 0. The molecule has 3 atom stereocenters. The van der Waals surface area contributed by atoms with Crippen LogP contribution in [0.3, 0.4) is 0 Å². The number of nitriles is 1. The lowest BCUT2D eigenvalue weighted by Crippen LogP contribution is -2.56. The lowest BCUT2D eigenvalue weighted by Gasteiger charge is -2.37. The molecule has 116 valence electrons. The molecule has 0 aromatic rings. The third-order valence-electron chi connectivity index (χ3n) is 3.59. The average Bonchev–Trinajstić information content (AvgIpc) is 2.91. The van der Waals surface area contributed by atoms with Crippen LogP contribution < -0.4 is 0 Å². The summed E-state index contributed by atoms with van der Waals surface area (Å²) in [6.07, 6.45) is -0.640. The molecule has 2 rings (SSSR count). The first-order valence-electron chi connectivity index (χ1n) is 6.88. The fourth-order valence-electron chi connectivity index (χ4n) is 2.54. The number of nitrogens with zero attached hydrogens (tertiary/aromatic N) is 3. The number of urea groups is 1. The number of ether oxygens (including phenoxy) is 1. The zero-order valence-electron chi connectivity index (χ0n) is 12.1. The van der Waals surface area contributed by atoms with Crippen LogP contribution in [0, 0.1) is 17.2 Å². The van der Waals surface area contributed by atoms with Gasteiger partial charge in [-0.2, -0.15) is 5.26 Å². The van der Waals surface area contributed by atoms with Gasteiger partial charge in [0.1, 0.15) is 6.04 Å². The lowest BCUT2D eigenvalue weighted by atomic mass is 10.1. The lowest BCUT2D eigenvalue weighted by molar-refractivity contribution is -0.141. The number of thioether (sulfide) groups is 1. The van der Waals surface area contributed by atoms with E-state index in [1.165, 1.54) is 21.6 Å². The Morgan fingerprint density at radius 1 is 1.48 bits per heavy atom. The zero-order valence-corrected chi connectivity index (χ0v) is 12.9. The molecule has 0 aliphatic carbocycles. The maximum absolute atomic E-state index is 12.7. The van der Waals surface area contributed by atoms with E-state index in [0.717, 1.165) is 0 Å². The molecule has 2 fully saturated rings. The van der Waals surface area contributed by atoms with Crippen LogP contribution in [0.5, 0.6) is 0 Å². The van der Waals surface area contributed by atoms with Gasteiger partial charge in [-0.1, -0.05) is 13.8 Å². The van der Waals surface area contributed by atoms with E-state index < -0.39 is 18.1 Å². The molecule has 2 aliphatic heterocycles. The van der Waals surface area contributed by atoms with Crippen LogP contribution in [-0.4, -0.2) is 69.9 Å². The number of morpholine rings is 1. The highest BCUT2D eigenvalue weighted by Gasteiger charge is 2.45. The number of aliphatic carboxylic acids is 1. The highest BCUT2D eigenvalue weighted by molar-refractivity contribution is 8.00. The average molecular weight is 313 g/mol. The fourth-order valence-corrected chi connectivity index (χ4v) is 4.00. The molecule has 0 aromatic heterocycles. The summed E-state index contributed by atoms with van der Waals surface area (Å²) in [7, 11) is 0. The molecule has 0 aromatic carbocycles. The van der Waals surface area contributed by atoms with Crippen LogP contribution in [0.2, 0.25) is 0 Å². The summed E-state index contributed by atoms with van der Waals surface area (Å²) in [6.45, 7) is 4.82. The number of rotatable bonds is 2. The fraction of sp³-hybridized carbons (Fsp3) is 0.769. The van der Waals surface area contributed by atoms with Gasteiger partial charge in [0, 0.05) is 12.3 Å². The number of hydrogen-bond donors (Lipinski definition) is 1. The number of hydrogen-bond acceptors (Lipinski definition) is 5. The van der Waals surface area contributed by atoms with Crippen LogP contribution >= 0.6 is 11.8 Å². The normalized spacial score (nSPS) is 29.5. The first-order chi connectivity index (χ1) is 9.95. The van der Waals surface area contributed by atoms with Gasteiger partial charge in [0.2, 0.25) is 0 Å². The molecule has 0 bridgehead atoms. The maximum atomic E-state index is 12.7. The predicted octanol–water partition coefficient (Wildman–Crippen LogP) is 0.815. The molecule has 2 aliphatic rings. The Bertz CT molecular complexity index is 465. The molecule has 21 heavy (non-hydrogen) atoms. The van der Waals surface area contributed by atoms with Gasteiger partial charge in [0.05, 0.1) is 24.6 Å². The monoisotopic (exact) mass is 313 g/mol. The van der Waals surface area contributed by atoms with Crippen molar-refractivity contribution in [1.82, 2.24) is 9.80 Å². The number of carbonyl (C=O) groups is 2. The molecule has 0 radical (unpaired) electrons. The van der Waals surface area contributed by atoms with E-state index in [4.69, 9.17) is 10.00 Å². The molecular weight excluding hydrogens is 294 g/mol. The molecular formula is C13H19N3O4S. The van der Waals surface area contributed by atoms with Crippen molar-refractivity contribution in [2.24, 2.45) is 5.92 Å². The van der Waals surface area contributed by atoms with Crippen LogP contribution in [-0.2, 0) is 9.53 Å². The number of carboxylic acid groups (broad SMARTS) is 1. The van der Waals surface area contributed by atoms with E-state index in [0.29, 0.717) is 18.9 Å². The summed E-state index contributed by atoms with van der Waals surface area (Å²) in [6, 6.07) is 0.873. The number of amides is 2. The second-order valence-corrected chi connectivity index (χ2v) is 6.60. The standard InChI is InChI=1S/C13H19N3O4S/c1-8(2)11-16(10(7-21-11)12(17)18)13(19)15-3-4-20-9(5-14)6-15/h8-11H,3-4,6-7H2,1-2H3,(H,17,18). The van der Waals surface area contributed by atoms with Gasteiger partial charge in [-0.25, -0.2) is 9.59 Å². The molecule has 7 nitrogen and oxygen atoms in total. The number of carbonyl (C=O) groups excluding carboxylic acids is 1. The summed E-state index contributed by atoms with van der Waals surface area (Å²) in [4.78, 5) is 27.1. The van der Waals surface area contributed by atoms with Crippen molar-refractivity contribution in [3.05, 3.63) is 0 Å². The molecule has 2 saturated heterocycles. The van der Waals surface area contributed by atoms with Crippen molar-refractivity contribution >= 4 is 23.8 Å². The van der Waals surface area contributed by atoms with Crippen LogP contribution in [0.25, 0.3) is 0 Å². The molecule has 0 spiro atoms. The number of carboxylic acids is 1. The minimum absolute atomic E-state index is 0.151. The molecule has 1 N–H and O–H groups in total. The first kappa shape index (κ1) is 15.9. The highest BCUT2D eigenvalue weighted by atomic mass is 32.2. The van der Waals surface area contributed by atoms with Crippen molar-refractivity contribution in [3.8, 4) is 6.07 Å². The third kappa shape index (κ3) is 3.24. The molecule has 2 heterocycles. The van der Waals surface area contributed by atoms with Crippen molar-refractivity contribution in [3.63, 3.8) is 0 Å². The third-order valence-corrected chi connectivity index (χ3v) is 5.21. The van der Waals surface area contributed by atoms with E-state index in [1.54, 1.807) is 0 Å². The summed E-state index contributed by atoms with van der Waals surface area (Å²) in [5, 5.41) is 18.1. The Kier molecular flexibility index (Phi) is 4.96. The van der Waals surface area contributed by atoms with Gasteiger partial charge in [0.15, 0.2) is 6.10 Å². The second-order valence-electron chi connectivity index (χ2n) is 5.45. The Labute approximate surface area is 127 Å². The van der Waals surface area contributed by atoms with E-state index in [2.05, 4.69) is 0 Å². The first-order valence-corrected chi connectivity index (χ1v) is 7.93. The Morgan fingerprint density at radius 2 is 2.19 bits per heavy atom. The summed E-state index contributed by atoms with van der Waals surface area (Å²) >= 11 is 1.50. The van der Waals surface area contributed by atoms with Crippen LogP contribution in [0.1, 0.15) is 13.8 Å². The molecule has 3 unspecified atom stereocenters. The van der Waals surface area contributed by atoms with Crippen LogP contribution in [0.4, 0.5) is 4.79 Å². The minimum atomic E-state index is -0.982. The van der Waals surface area contributed by atoms with E-state index in [-0.39, 0.29) is 23.9 Å². The molecule has 0 saturated carbocycles. The van der Waals surface area contributed by atoms with Gasteiger partial charge in [-0.05, 0) is 5.92 Å². The van der Waals surface area contributed by atoms with Gasteiger partial charge >= 0.3 is 12.0 Å². The smallest absolute Gasteiger partial charge is 0.327 e. The summed E-state index contributed by atoms with van der Waals surface area (Å²) < 4.78 is 5.22. The Morgan fingerprint density at radius 3 is 2.76 bits per heavy atom. The van der Waals surface area contributed by atoms with Crippen LogP contribution in [0.15, 0.2) is 0 Å². The van der Waals surface area contributed by atoms with Gasteiger partial charge in [-0.3, -0.25) is 4.90 Å². The largest absolute Gasteiger partial charge is 0.480 e. The molecule has 2 amide bonds. The van der Waals surface area contributed by atoms with E-state index in [1.807, 2.05) is 19.9 Å². The topological polar surface area (TPSA) is 93.9 Å². The summed E-state index contributed by atoms with van der Waals surface area (Å²) in [5.74, 6) is -0.421. The SMILES string of the molecule is CC(C)C1SCC(C(=O)O)N1C(=O)N1CCOC(C#N)C1. The Balaban J connectivity index is 2.17. The van der Waals surface area contributed by atoms with Gasteiger partial charge in [-0.15, -0.1) is 11.8 Å². The zero-order chi connectivity index (χ0) is 15.6. The van der Waals surface area contributed by atoms with Crippen molar-refractivity contribution < 1.29 is 19.4 Å². The van der Waals surface area contributed by atoms with Crippen molar-refractivity contribution in [1.29, 1.82) is 5.26 Å². The highest BCUT2D eigenvalue weighted by Crippen LogP contribution is 2.35.